The van der Waals surface area contributed by atoms with Crippen molar-refractivity contribution < 1.29 is 8.42 Å². The third kappa shape index (κ3) is 2.81. The smallest absolute Gasteiger partial charge is 0.206 e. The van der Waals surface area contributed by atoms with Crippen molar-refractivity contribution in [2.75, 3.05) is 13.1 Å². The van der Waals surface area contributed by atoms with Crippen LogP contribution in [0.1, 0.15) is 27.2 Å². The number of rotatable bonds is 2. The number of halogens is 1. The van der Waals surface area contributed by atoms with Crippen LogP contribution < -0.4 is 0 Å². The summed E-state index contributed by atoms with van der Waals surface area (Å²) in [5.74, 6) is 0.440. The first kappa shape index (κ1) is 14.5. The average molecular weight is 352 g/mol. The van der Waals surface area contributed by atoms with Gasteiger partial charge in [0.25, 0.3) is 10.0 Å². The molecule has 1 aliphatic rings. The van der Waals surface area contributed by atoms with E-state index in [1.54, 1.807) is 16.4 Å². The summed E-state index contributed by atoms with van der Waals surface area (Å²) >= 11 is 4.59. The topological polar surface area (TPSA) is 37.4 Å². The summed E-state index contributed by atoms with van der Waals surface area (Å²) in [4.78, 5) is 0. The molecule has 0 N–H and O–H groups in total. The second-order valence-electron chi connectivity index (χ2n) is 5.77. The van der Waals surface area contributed by atoms with Crippen molar-refractivity contribution in [3.8, 4) is 0 Å². The minimum absolute atomic E-state index is 0.167. The van der Waals surface area contributed by atoms with E-state index in [-0.39, 0.29) is 5.41 Å². The van der Waals surface area contributed by atoms with E-state index in [0.29, 0.717) is 23.2 Å². The molecule has 1 unspecified atom stereocenters. The van der Waals surface area contributed by atoms with Gasteiger partial charge in [-0.05, 0) is 45.8 Å². The van der Waals surface area contributed by atoms with Crippen molar-refractivity contribution >= 4 is 37.3 Å². The van der Waals surface area contributed by atoms with Gasteiger partial charge < -0.3 is 0 Å². The molecule has 102 valence electrons. The largest absolute Gasteiger partial charge is 0.252 e. The Hall–Kier alpha value is 0.0900. The molecule has 6 heteroatoms. The molecule has 1 fully saturated rings. The summed E-state index contributed by atoms with van der Waals surface area (Å²) in [6.07, 6.45) is 0.954. The molecule has 0 amide bonds. The van der Waals surface area contributed by atoms with Gasteiger partial charge in [0, 0.05) is 13.1 Å². The summed E-state index contributed by atoms with van der Waals surface area (Å²) in [6.45, 7) is 7.81. The highest BCUT2D eigenvalue weighted by atomic mass is 79.9. The van der Waals surface area contributed by atoms with E-state index >= 15 is 0 Å². The van der Waals surface area contributed by atoms with Crippen LogP contribution in [0.4, 0.5) is 0 Å². The summed E-state index contributed by atoms with van der Waals surface area (Å²) in [7, 11) is -3.29. The van der Waals surface area contributed by atoms with Gasteiger partial charge >= 0.3 is 0 Å². The fraction of sp³-hybridized carbons (Fsp3) is 0.667. The normalized spacial score (nSPS) is 22.6. The Morgan fingerprint density at radius 2 is 2.06 bits per heavy atom. The van der Waals surface area contributed by atoms with Crippen molar-refractivity contribution in [2.45, 2.75) is 31.4 Å². The summed E-state index contributed by atoms with van der Waals surface area (Å²) < 4.78 is 27.8. The molecule has 0 saturated carbocycles. The molecule has 1 atom stereocenters. The maximum Gasteiger partial charge on any atom is 0.252 e. The lowest BCUT2D eigenvalue weighted by molar-refractivity contribution is 0.252. The number of sulfonamides is 1. The van der Waals surface area contributed by atoms with Gasteiger partial charge in [0.05, 0.1) is 3.79 Å². The van der Waals surface area contributed by atoms with Crippen LogP contribution in [0.5, 0.6) is 0 Å². The highest BCUT2D eigenvalue weighted by Gasteiger charge is 2.38. The van der Waals surface area contributed by atoms with E-state index in [0.717, 1.165) is 10.2 Å². The number of hydrogen-bond acceptors (Lipinski definition) is 3. The number of thiophene rings is 1. The molecule has 2 heterocycles. The molecule has 3 nitrogen and oxygen atoms in total. The van der Waals surface area contributed by atoms with Crippen LogP contribution >= 0.6 is 27.3 Å². The minimum atomic E-state index is -3.29. The first-order valence-corrected chi connectivity index (χ1v) is 9.02. The Morgan fingerprint density at radius 3 is 2.50 bits per heavy atom. The first-order chi connectivity index (χ1) is 8.21. The Balaban J connectivity index is 2.19. The van der Waals surface area contributed by atoms with E-state index in [1.807, 2.05) is 0 Å². The van der Waals surface area contributed by atoms with Crippen LogP contribution in [0.2, 0.25) is 0 Å². The average Bonchev–Trinajstić information content (AvgIpc) is 2.83. The van der Waals surface area contributed by atoms with E-state index < -0.39 is 10.0 Å². The third-order valence-electron chi connectivity index (χ3n) is 3.52. The molecule has 0 bridgehead atoms. The molecule has 0 spiro atoms. The molecule has 1 aliphatic heterocycles. The van der Waals surface area contributed by atoms with Crippen LogP contribution in [0, 0.1) is 11.3 Å². The van der Waals surface area contributed by atoms with Gasteiger partial charge in [0.15, 0.2) is 0 Å². The molecule has 0 aliphatic carbocycles. The van der Waals surface area contributed by atoms with E-state index in [1.165, 1.54) is 11.3 Å². The molecule has 0 aromatic carbocycles. The van der Waals surface area contributed by atoms with Crippen LogP contribution in [0.25, 0.3) is 0 Å². The van der Waals surface area contributed by atoms with Crippen LogP contribution in [0.3, 0.4) is 0 Å². The van der Waals surface area contributed by atoms with Crippen molar-refractivity contribution in [1.29, 1.82) is 0 Å². The Bertz CT molecular complexity index is 531. The first-order valence-electron chi connectivity index (χ1n) is 5.97. The maximum atomic E-state index is 12.4. The molecule has 2 rings (SSSR count). The zero-order valence-electron chi connectivity index (χ0n) is 10.8. The number of hydrogen-bond donors (Lipinski definition) is 0. The maximum absolute atomic E-state index is 12.4. The summed E-state index contributed by atoms with van der Waals surface area (Å²) in [6, 6.07) is 3.46. The lowest BCUT2D eigenvalue weighted by Crippen LogP contribution is -2.30. The van der Waals surface area contributed by atoms with Gasteiger partial charge in [-0.25, -0.2) is 8.42 Å². The third-order valence-corrected chi connectivity index (χ3v) is 7.47. The number of nitrogens with zero attached hydrogens (tertiary/aromatic N) is 1. The van der Waals surface area contributed by atoms with Crippen LogP contribution in [0.15, 0.2) is 20.1 Å². The van der Waals surface area contributed by atoms with Gasteiger partial charge in [-0.15, -0.1) is 11.3 Å². The van der Waals surface area contributed by atoms with Crippen molar-refractivity contribution in [3.05, 3.63) is 15.9 Å². The van der Waals surface area contributed by atoms with E-state index in [4.69, 9.17) is 0 Å². The second kappa shape index (κ2) is 4.89. The standard InChI is InChI=1S/C12H18BrNO2S2/c1-12(2,3)9-6-7-14(8-9)18(15,16)11-5-4-10(13)17-11/h4-5,9H,6-8H2,1-3H3. The quantitative estimate of drug-likeness (QED) is 0.816. The van der Waals surface area contributed by atoms with Crippen molar-refractivity contribution in [1.82, 2.24) is 4.31 Å². The lowest BCUT2D eigenvalue weighted by atomic mass is 9.80. The fourth-order valence-corrected chi connectivity index (χ4v) is 5.88. The zero-order chi connectivity index (χ0) is 13.6. The molecular formula is C12H18BrNO2S2. The highest BCUT2D eigenvalue weighted by Crippen LogP contribution is 2.37. The SMILES string of the molecule is CC(C)(C)C1CCN(S(=O)(=O)c2ccc(Br)s2)C1. The highest BCUT2D eigenvalue weighted by molar-refractivity contribution is 9.11. The van der Waals surface area contributed by atoms with Gasteiger partial charge in [-0.2, -0.15) is 4.31 Å². The van der Waals surface area contributed by atoms with E-state index in [9.17, 15) is 8.42 Å². The van der Waals surface area contributed by atoms with Gasteiger partial charge in [-0.3, -0.25) is 0 Å². The minimum Gasteiger partial charge on any atom is -0.206 e. The monoisotopic (exact) mass is 351 g/mol. The van der Waals surface area contributed by atoms with Gasteiger partial charge in [0.1, 0.15) is 4.21 Å². The Kier molecular flexibility index (Phi) is 3.94. The second-order valence-corrected chi connectivity index (χ2v) is 10.4. The predicted octanol–water partition coefficient (Wildman–Crippen LogP) is 3.57. The molecular weight excluding hydrogens is 334 g/mol. The zero-order valence-corrected chi connectivity index (χ0v) is 14.0. The Labute approximate surface area is 121 Å². The van der Waals surface area contributed by atoms with Gasteiger partial charge in [-0.1, -0.05) is 20.8 Å². The van der Waals surface area contributed by atoms with Crippen molar-refractivity contribution in [3.63, 3.8) is 0 Å². The molecule has 1 aromatic rings. The Morgan fingerprint density at radius 1 is 1.39 bits per heavy atom. The van der Waals surface area contributed by atoms with E-state index in [2.05, 4.69) is 36.7 Å². The predicted molar refractivity (Wildman–Crippen MR) is 78.3 cm³/mol. The van der Waals surface area contributed by atoms with Crippen LogP contribution in [-0.2, 0) is 10.0 Å². The van der Waals surface area contributed by atoms with Crippen LogP contribution in [-0.4, -0.2) is 25.8 Å². The fourth-order valence-electron chi connectivity index (χ4n) is 2.22. The van der Waals surface area contributed by atoms with Gasteiger partial charge in [0.2, 0.25) is 0 Å². The lowest BCUT2D eigenvalue weighted by Gasteiger charge is -2.26. The van der Waals surface area contributed by atoms with Crippen molar-refractivity contribution in [2.24, 2.45) is 11.3 Å². The summed E-state index contributed by atoms with van der Waals surface area (Å²) in [5, 5.41) is 0. The molecule has 1 aromatic heterocycles. The molecule has 1 saturated heterocycles. The molecule has 0 radical (unpaired) electrons. The summed E-state index contributed by atoms with van der Waals surface area (Å²) in [5.41, 5.74) is 0.167. The molecule has 18 heavy (non-hydrogen) atoms.